The van der Waals surface area contributed by atoms with Gasteiger partial charge in [-0.3, -0.25) is 9.78 Å². The van der Waals surface area contributed by atoms with E-state index in [0.29, 0.717) is 18.7 Å². The average Bonchev–Trinajstić information content (AvgIpc) is 2.48. The number of aryl methyl sites for hydroxylation is 1. The minimum absolute atomic E-state index is 0.242. The van der Waals surface area contributed by atoms with Gasteiger partial charge in [-0.1, -0.05) is 6.07 Å². The van der Waals surface area contributed by atoms with Gasteiger partial charge in [0.25, 0.3) is 5.91 Å². The van der Waals surface area contributed by atoms with Gasteiger partial charge in [-0.15, -0.1) is 0 Å². The van der Waals surface area contributed by atoms with Crippen molar-refractivity contribution in [2.45, 2.75) is 20.0 Å². The molecule has 116 valence electrons. The number of hydrogen-bond acceptors (Lipinski definition) is 4. The van der Waals surface area contributed by atoms with Crippen LogP contribution in [-0.4, -0.2) is 34.9 Å². The van der Waals surface area contributed by atoms with E-state index in [1.54, 1.807) is 25.3 Å². The molecule has 1 aromatic heterocycles. The van der Waals surface area contributed by atoms with E-state index in [9.17, 15) is 9.18 Å². The van der Waals surface area contributed by atoms with Crippen LogP contribution in [0.4, 0.5) is 4.39 Å². The number of aromatic nitrogens is 2. The van der Waals surface area contributed by atoms with E-state index in [2.05, 4.69) is 15.3 Å². The summed E-state index contributed by atoms with van der Waals surface area (Å²) in [7, 11) is 3.76. The lowest BCUT2D eigenvalue weighted by Gasteiger charge is -2.12. The van der Waals surface area contributed by atoms with Gasteiger partial charge in [0.05, 0.1) is 11.9 Å². The van der Waals surface area contributed by atoms with Crippen LogP contribution in [0.5, 0.6) is 0 Å². The second kappa shape index (κ2) is 7.09. The molecule has 6 heteroatoms. The van der Waals surface area contributed by atoms with Crippen LogP contribution in [-0.2, 0) is 13.1 Å². The Hall–Kier alpha value is -2.34. The van der Waals surface area contributed by atoms with Gasteiger partial charge in [-0.2, -0.15) is 0 Å². The van der Waals surface area contributed by atoms with E-state index in [0.717, 1.165) is 11.3 Å². The van der Waals surface area contributed by atoms with Gasteiger partial charge in [0.15, 0.2) is 0 Å². The molecule has 1 amide bonds. The molecular weight excluding hydrogens is 283 g/mol. The van der Waals surface area contributed by atoms with Gasteiger partial charge in [0, 0.05) is 24.8 Å². The summed E-state index contributed by atoms with van der Waals surface area (Å²) in [4.78, 5) is 21.9. The molecule has 0 aliphatic rings. The van der Waals surface area contributed by atoms with Gasteiger partial charge in [0.2, 0.25) is 0 Å². The Morgan fingerprint density at radius 3 is 2.68 bits per heavy atom. The number of nitrogens with one attached hydrogen (secondary N) is 1. The topological polar surface area (TPSA) is 58.1 Å². The van der Waals surface area contributed by atoms with Crippen molar-refractivity contribution in [2.24, 2.45) is 0 Å². The summed E-state index contributed by atoms with van der Waals surface area (Å²) in [6.07, 6.45) is 2.98. The van der Waals surface area contributed by atoms with Crippen molar-refractivity contribution in [1.82, 2.24) is 20.2 Å². The number of nitrogens with zero attached hydrogens (tertiary/aromatic N) is 3. The van der Waals surface area contributed by atoms with Crippen LogP contribution in [0.3, 0.4) is 0 Å². The molecular formula is C16H19FN4O. The zero-order valence-electron chi connectivity index (χ0n) is 12.9. The van der Waals surface area contributed by atoms with E-state index in [-0.39, 0.29) is 17.4 Å². The highest BCUT2D eigenvalue weighted by Crippen LogP contribution is 2.12. The first kappa shape index (κ1) is 16.0. The predicted molar refractivity (Wildman–Crippen MR) is 81.7 cm³/mol. The van der Waals surface area contributed by atoms with Crippen molar-refractivity contribution >= 4 is 5.91 Å². The Morgan fingerprint density at radius 2 is 2.05 bits per heavy atom. The van der Waals surface area contributed by atoms with Crippen LogP contribution in [0.25, 0.3) is 0 Å². The van der Waals surface area contributed by atoms with E-state index in [1.165, 1.54) is 12.3 Å². The lowest BCUT2D eigenvalue weighted by atomic mass is 10.1. The highest BCUT2D eigenvalue weighted by Gasteiger charge is 2.09. The third kappa shape index (κ3) is 4.33. The molecule has 0 aliphatic heterocycles. The summed E-state index contributed by atoms with van der Waals surface area (Å²) in [5.74, 6) is -0.542. The summed E-state index contributed by atoms with van der Waals surface area (Å²) < 4.78 is 13.7. The normalized spacial score (nSPS) is 10.8. The zero-order valence-corrected chi connectivity index (χ0v) is 12.9. The molecule has 0 atom stereocenters. The highest BCUT2D eigenvalue weighted by molar-refractivity contribution is 5.91. The fourth-order valence-corrected chi connectivity index (χ4v) is 1.98. The minimum Gasteiger partial charge on any atom is -0.347 e. The van der Waals surface area contributed by atoms with Crippen LogP contribution < -0.4 is 5.32 Å². The molecule has 1 aromatic carbocycles. The summed E-state index contributed by atoms with van der Waals surface area (Å²) in [6.45, 7) is 2.63. The van der Waals surface area contributed by atoms with Crippen LogP contribution in [0, 0.1) is 12.7 Å². The average molecular weight is 302 g/mol. The molecule has 5 nitrogen and oxygen atoms in total. The summed E-state index contributed by atoms with van der Waals surface area (Å²) in [5, 5.41) is 2.76. The highest BCUT2D eigenvalue weighted by atomic mass is 19.1. The van der Waals surface area contributed by atoms with Gasteiger partial charge >= 0.3 is 0 Å². The molecule has 0 saturated carbocycles. The third-order valence-corrected chi connectivity index (χ3v) is 3.06. The van der Waals surface area contributed by atoms with Crippen molar-refractivity contribution in [3.8, 4) is 0 Å². The number of halogens is 1. The second-order valence-corrected chi connectivity index (χ2v) is 5.39. The van der Waals surface area contributed by atoms with Gasteiger partial charge in [-0.05, 0) is 38.7 Å². The summed E-state index contributed by atoms with van der Waals surface area (Å²) in [6, 6.07) is 4.85. The van der Waals surface area contributed by atoms with Crippen molar-refractivity contribution < 1.29 is 9.18 Å². The molecule has 0 saturated heterocycles. The number of amides is 1. The largest absolute Gasteiger partial charge is 0.347 e. The van der Waals surface area contributed by atoms with Crippen molar-refractivity contribution in [2.75, 3.05) is 14.1 Å². The maximum absolute atomic E-state index is 13.7. The maximum atomic E-state index is 13.7. The molecule has 22 heavy (non-hydrogen) atoms. The lowest BCUT2D eigenvalue weighted by molar-refractivity contribution is 0.0945. The number of rotatable bonds is 5. The fraction of sp³-hybridized carbons (Fsp3) is 0.312. The first-order chi connectivity index (χ1) is 10.5. The quantitative estimate of drug-likeness (QED) is 0.916. The first-order valence-corrected chi connectivity index (χ1v) is 6.94. The van der Waals surface area contributed by atoms with E-state index in [1.807, 2.05) is 19.0 Å². The number of carbonyl (C=O) groups excluding carboxylic acids is 1. The number of benzene rings is 1. The molecule has 0 bridgehead atoms. The Morgan fingerprint density at radius 1 is 1.27 bits per heavy atom. The molecule has 2 rings (SSSR count). The standard InChI is InChI=1S/C16H19FN4O/c1-11-7-19-15(9-18-11)16(22)20-8-12-4-5-14(17)13(6-12)10-21(2)3/h4-7,9H,8,10H2,1-3H3,(H,20,22). The molecule has 2 aromatic rings. The first-order valence-electron chi connectivity index (χ1n) is 6.94. The molecule has 1 N–H and O–H groups in total. The predicted octanol–water partition coefficient (Wildman–Crippen LogP) is 1.92. The SMILES string of the molecule is Cc1cnc(C(=O)NCc2ccc(F)c(CN(C)C)c2)cn1. The Bertz CT molecular complexity index is 656. The van der Waals surface area contributed by atoms with Gasteiger partial charge in [-0.25, -0.2) is 9.37 Å². The van der Waals surface area contributed by atoms with Gasteiger partial charge in [0.1, 0.15) is 11.5 Å². The maximum Gasteiger partial charge on any atom is 0.271 e. The zero-order chi connectivity index (χ0) is 16.1. The van der Waals surface area contributed by atoms with Crippen molar-refractivity contribution in [3.05, 3.63) is 58.9 Å². The molecule has 0 fully saturated rings. The van der Waals surface area contributed by atoms with Gasteiger partial charge < -0.3 is 10.2 Å². The van der Waals surface area contributed by atoms with Crippen LogP contribution in [0.1, 0.15) is 27.3 Å². The molecule has 0 unspecified atom stereocenters. The summed E-state index contributed by atoms with van der Waals surface area (Å²) in [5.41, 5.74) is 2.46. The van der Waals surface area contributed by atoms with E-state index < -0.39 is 0 Å². The van der Waals surface area contributed by atoms with E-state index in [4.69, 9.17) is 0 Å². The number of hydrogen-bond donors (Lipinski definition) is 1. The molecule has 0 radical (unpaired) electrons. The molecule has 1 heterocycles. The van der Waals surface area contributed by atoms with Crippen molar-refractivity contribution in [1.29, 1.82) is 0 Å². The Balaban J connectivity index is 2.02. The monoisotopic (exact) mass is 302 g/mol. The lowest BCUT2D eigenvalue weighted by Crippen LogP contribution is -2.24. The van der Waals surface area contributed by atoms with E-state index >= 15 is 0 Å². The summed E-state index contributed by atoms with van der Waals surface area (Å²) >= 11 is 0. The smallest absolute Gasteiger partial charge is 0.271 e. The Kier molecular flexibility index (Phi) is 5.16. The minimum atomic E-state index is -0.300. The van der Waals surface area contributed by atoms with Crippen molar-refractivity contribution in [3.63, 3.8) is 0 Å². The molecule has 0 spiro atoms. The van der Waals surface area contributed by atoms with Crippen LogP contribution in [0.15, 0.2) is 30.6 Å². The number of carbonyl (C=O) groups is 1. The Labute approximate surface area is 129 Å². The van der Waals surface area contributed by atoms with Crippen LogP contribution in [0.2, 0.25) is 0 Å². The molecule has 0 aliphatic carbocycles. The van der Waals surface area contributed by atoms with Crippen LogP contribution >= 0.6 is 0 Å². The third-order valence-electron chi connectivity index (χ3n) is 3.06. The fourth-order valence-electron chi connectivity index (χ4n) is 1.98. The second-order valence-electron chi connectivity index (χ2n) is 5.39.